The second kappa shape index (κ2) is 6.94. The number of hydrogen-bond acceptors (Lipinski definition) is 3. The number of carbonyl (C=O) groups is 2. The van der Waals surface area contributed by atoms with E-state index in [1.165, 1.54) is 16.8 Å². The second-order valence-corrected chi connectivity index (χ2v) is 4.99. The Morgan fingerprint density at radius 3 is 2.53 bits per heavy atom. The van der Waals surface area contributed by atoms with Crippen molar-refractivity contribution in [2.24, 2.45) is 0 Å². The molecular formula is C12H18ClN3O3. The smallest absolute Gasteiger partial charge is 0.322 e. The molecule has 106 valence electrons. The fourth-order valence-corrected chi connectivity index (χ4v) is 1.31. The van der Waals surface area contributed by atoms with Gasteiger partial charge < -0.3 is 22.8 Å². The summed E-state index contributed by atoms with van der Waals surface area (Å²) in [7, 11) is 0. The summed E-state index contributed by atoms with van der Waals surface area (Å²) in [4.78, 5) is 23.0. The van der Waals surface area contributed by atoms with Gasteiger partial charge in [0, 0.05) is 11.6 Å². The van der Waals surface area contributed by atoms with Crippen molar-refractivity contribution in [3.63, 3.8) is 0 Å². The van der Waals surface area contributed by atoms with E-state index in [0.29, 0.717) is 0 Å². The predicted molar refractivity (Wildman–Crippen MR) is 64.7 cm³/mol. The summed E-state index contributed by atoms with van der Waals surface area (Å²) < 4.78 is 1.48. The molecule has 0 bridgehead atoms. The van der Waals surface area contributed by atoms with Gasteiger partial charge in [-0.3, -0.25) is 10.1 Å². The Kier molecular flexibility index (Phi) is 6.27. The van der Waals surface area contributed by atoms with Crippen molar-refractivity contribution in [1.82, 2.24) is 10.6 Å². The zero-order valence-electron chi connectivity index (χ0n) is 11.1. The normalized spacial score (nSPS) is 10.3. The van der Waals surface area contributed by atoms with E-state index in [2.05, 4.69) is 10.6 Å². The number of urea groups is 1. The number of nitrogens with one attached hydrogen (secondary N) is 2. The Labute approximate surface area is 118 Å². The van der Waals surface area contributed by atoms with Crippen LogP contribution in [0.3, 0.4) is 0 Å². The fraction of sp³-hybridized carbons (Fsp3) is 0.417. The van der Waals surface area contributed by atoms with Crippen LogP contribution in [0.25, 0.3) is 0 Å². The van der Waals surface area contributed by atoms with Gasteiger partial charge in [0.05, 0.1) is 0 Å². The SMILES string of the molecule is CC(C)(C)NC(=O)NC(=O)C[n+]1cccc(O)c1.[Cl-]. The topological polar surface area (TPSA) is 82.3 Å². The van der Waals surface area contributed by atoms with Gasteiger partial charge >= 0.3 is 6.03 Å². The largest absolute Gasteiger partial charge is 1.00 e. The molecule has 1 heterocycles. The molecule has 0 aliphatic heterocycles. The number of amides is 3. The molecule has 0 aliphatic rings. The quantitative estimate of drug-likeness (QED) is 0.518. The van der Waals surface area contributed by atoms with Crippen molar-refractivity contribution < 1.29 is 31.7 Å². The Hall–Kier alpha value is -1.82. The van der Waals surface area contributed by atoms with Crippen LogP contribution in [0, 0.1) is 0 Å². The average Bonchev–Trinajstić information content (AvgIpc) is 2.13. The van der Waals surface area contributed by atoms with E-state index in [4.69, 9.17) is 0 Å². The first-order valence-electron chi connectivity index (χ1n) is 5.56. The highest BCUT2D eigenvalue weighted by Crippen LogP contribution is 2.00. The van der Waals surface area contributed by atoms with Crippen molar-refractivity contribution in [3.05, 3.63) is 24.5 Å². The molecule has 0 unspecified atom stereocenters. The summed E-state index contributed by atoms with van der Waals surface area (Å²) in [5.74, 6) is -0.392. The highest BCUT2D eigenvalue weighted by molar-refractivity contribution is 5.93. The zero-order chi connectivity index (χ0) is 13.8. The minimum absolute atomic E-state index is 0. The molecule has 0 saturated carbocycles. The number of pyridine rings is 1. The molecule has 0 aromatic carbocycles. The molecule has 0 fully saturated rings. The summed E-state index contributed by atoms with van der Waals surface area (Å²) in [5.41, 5.74) is -0.400. The van der Waals surface area contributed by atoms with Crippen LogP contribution in [0.5, 0.6) is 5.75 Å². The molecule has 1 aromatic heterocycles. The number of rotatable bonds is 2. The van der Waals surface area contributed by atoms with E-state index in [1.807, 2.05) is 20.8 Å². The first-order valence-corrected chi connectivity index (χ1v) is 5.56. The molecule has 6 nitrogen and oxygen atoms in total. The number of imide groups is 1. The third-order valence-corrected chi connectivity index (χ3v) is 1.91. The van der Waals surface area contributed by atoms with E-state index in [-0.39, 0.29) is 24.7 Å². The van der Waals surface area contributed by atoms with Crippen molar-refractivity contribution in [2.75, 3.05) is 0 Å². The van der Waals surface area contributed by atoms with Crippen molar-refractivity contribution in [1.29, 1.82) is 0 Å². The van der Waals surface area contributed by atoms with Crippen LogP contribution >= 0.6 is 0 Å². The molecule has 19 heavy (non-hydrogen) atoms. The van der Waals surface area contributed by atoms with Crippen LogP contribution in [0.1, 0.15) is 20.8 Å². The fourth-order valence-electron chi connectivity index (χ4n) is 1.31. The van der Waals surface area contributed by atoms with Crippen molar-refractivity contribution in [3.8, 4) is 5.75 Å². The first kappa shape index (κ1) is 17.2. The summed E-state index contributed by atoms with van der Waals surface area (Å²) in [6, 6.07) is 2.58. The van der Waals surface area contributed by atoms with Crippen LogP contribution in [-0.4, -0.2) is 22.6 Å². The van der Waals surface area contributed by atoms with Gasteiger partial charge in [0.2, 0.25) is 12.7 Å². The zero-order valence-corrected chi connectivity index (χ0v) is 11.9. The number of hydrogen-bond donors (Lipinski definition) is 3. The minimum Gasteiger partial charge on any atom is -1.00 e. The lowest BCUT2D eigenvalue weighted by Gasteiger charge is -2.19. The summed E-state index contributed by atoms with van der Waals surface area (Å²) in [6.45, 7) is 5.43. The number of nitrogens with zero attached hydrogens (tertiary/aromatic N) is 1. The molecule has 1 rings (SSSR count). The Bertz CT molecular complexity index is 458. The van der Waals surface area contributed by atoms with Gasteiger partial charge in [0.1, 0.15) is 0 Å². The molecule has 0 radical (unpaired) electrons. The van der Waals surface area contributed by atoms with Crippen LogP contribution in [0.2, 0.25) is 0 Å². The van der Waals surface area contributed by atoms with E-state index >= 15 is 0 Å². The number of aromatic nitrogens is 1. The van der Waals surface area contributed by atoms with Gasteiger partial charge in [-0.05, 0) is 26.8 Å². The summed E-state index contributed by atoms with van der Waals surface area (Å²) >= 11 is 0. The van der Waals surface area contributed by atoms with Crippen LogP contribution < -0.4 is 27.6 Å². The Balaban J connectivity index is 0.00000324. The highest BCUT2D eigenvalue weighted by atomic mass is 35.5. The summed E-state index contributed by atoms with van der Waals surface area (Å²) in [6.07, 6.45) is 3.03. The Morgan fingerprint density at radius 1 is 1.37 bits per heavy atom. The van der Waals surface area contributed by atoms with Crippen molar-refractivity contribution in [2.45, 2.75) is 32.9 Å². The van der Waals surface area contributed by atoms with E-state index in [1.54, 1.807) is 12.3 Å². The highest BCUT2D eigenvalue weighted by Gasteiger charge is 2.17. The van der Waals surface area contributed by atoms with Gasteiger partial charge in [-0.25, -0.2) is 4.79 Å². The second-order valence-electron chi connectivity index (χ2n) is 4.99. The molecule has 0 spiro atoms. The van der Waals surface area contributed by atoms with E-state index in [0.717, 1.165) is 0 Å². The standard InChI is InChI=1S/C12H17N3O3.ClH/c1-12(2,3)14-11(18)13-10(17)8-15-6-4-5-9(16)7-15;/h4-7H,8H2,1-3H3,(H2-,13,14,16,17,18);1H. The average molecular weight is 288 g/mol. The molecule has 0 saturated heterocycles. The van der Waals surface area contributed by atoms with Gasteiger partial charge in [-0.2, -0.15) is 4.57 Å². The molecule has 3 amide bonds. The molecular weight excluding hydrogens is 270 g/mol. The lowest BCUT2D eigenvalue weighted by Crippen LogP contribution is -3.00. The van der Waals surface area contributed by atoms with Gasteiger partial charge in [0.15, 0.2) is 11.9 Å². The lowest BCUT2D eigenvalue weighted by atomic mass is 10.1. The first-order chi connectivity index (χ1) is 8.26. The number of aromatic hydroxyl groups is 1. The lowest BCUT2D eigenvalue weighted by molar-refractivity contribution is -0.684. The maximum absolute atomic E-state index is 11.5. The van der Waals surface area contributed by atoms with Gasteiger partial charge in [-0.1, -0.05) is 0 Å². The van der Waals surface area contributed by atoms with Crippen LogP contribution in [-0.2, 0) is 11.3 Å². The molecule has 1 aromatic rings. The van der Waals surface area contributed by atoms with E-state index in [9.17, 15) is 14.7 Å². The van der Waals surface area contributed by atoms with Crippen LogP contribution in [0.15, 0.2) is 24.5 Å². The summed E-state index contributed by atoms with van der Waals surface area (Å²) in [5, 5.41) is 14.1. The number of halogens is 1. The third kappa shape index (κ3) is 7.25. The Morgan fingerprint density at radius 2 is 2.00 bits per heavy atom. The van der Waals surface area contributed by atoms with Crippen molar-refractivity contribution >= 4 is 11.9 Å². The maximum atomic E-state index is 11.5. The number of carbonyl (C=O) groups excluding carboxylic acids is 2. The molecule has 3 N–H and O–H groups in total. The van der Waals surface area contributed by atoms with Crippen LogP contribution in [0.4, 0.5) is 4.79 Å². The van der Waals surface area contributed by atoms with Gasteiger partial charge in [-0.15, -0.1) is 0 Å². The molecule has 0 aliphatic carbocycles. The van der Waals surface area contributed by atoms with E-state index < -0.39 is 17.5 Å². The minimum atomic E-state index is -0.534. The molecule has 0 atom stereocenters. The predicted octanol–water partition coefficient (Wildman–Crippen LogP) is -2.69. The third-order valence-electron chi connectivity index (χ3n) is 1.91. The maximum Gasteiger partial charge on any atom is 0.322 e. The van der Waals surface area contributed by atoms with Gasteiger partial charge in [0.25, 0.3) is 5.91 Å². The molecule has 7 heteroatoms. The monoisotopic (exact) mass is 287 g/mol.